The Labute approximate surface area is 94.7 Å². The molecule has 0 bridgehead atoms. The second-order valence-corrected chi connectivity index (χ2v) is 3.68. The van der Waals surface area contributed by atoms with Gasteiger partial charge in [-0.3, -0.25) is 0 Å². The standard InChI is InChI=1S/C13H15NO2/c1-16-13-11(6-4-8-15)9-10-5-2-3-7-12(10)14-13/h2-3,5,7,9,15H,4,6,8H2,1H3. The van der Waals surface area contributed by atoms with E-state index in [1.165, 1.54) is 0 Å². The van der Waals surface area contributed by atoms with Crippen LogP contribution in [0.5, 0.6) is 5.88 Å². The van der Waals surface area contributed by atoms with Gasteiger partial charge in [-0.25, -0.2) is 4.98 Å². The smallest absolute Gasteiger partial charge is 0.216 e. The number of aliphatic hydroxyl groups excluding tert-OH is 1. The molecule has 2 rings (SSSR count). The van der Waals surface area contributed by atoms with E-state index in [1.807, 2.05) is 24.3 Å². The summed E-state index contributed by atoms with van der Waals surface area (Å²) >= 11 is 0. The Morgan fingerprint density at radius 3 is 2.88 bits per heavy atom. The van der Waals surface area contributed by atoms with Gasteiger partial charge >= 0.3 is 0 Å². The molecule has 3 nitrogen and oxygen atoms in total. The highest BCUT2D eigenvalue weighted by Crippen LogP contribution is 2.22. The molecule has 2 aromatic rings. The molecule has 1 aromatic carbocycles. The minimum absolute atomic E-state index is 0.190. The van der Waals surface area contributed by atoms with E-state index in [2.05, 4.69) is 11.1 Å². The van der Waals surface area contributed by atoms with E-state index in [1.54, 1.807) is 7.11 Å². The minimum atomic E-state index is 0.190. The molecule has 0 atom stereocenters. The third-order valence-electron chi connectivity index (χ3n) is 2.56. The largest absolute Gasteiger partial charge is 0.481 e. The molecule has 0 radical (unpaired) electrons. The topological polar surface area (TPSA) is 42.4 Å². The van der Waals surface area contributed by atoms with Crippen LogP contribution in [0.25, 0.3) is 10.9 Å². The van der Waals surface area contributed by atoms with Crippen LogP contribution in [0.2, 0.25) is 0 Å². The summed E-state index contributed by atoms with van der Waals surface area (Å²) in [5, 5.41) is 9.95. The van der Waals surface area contributed by atoms with Crippen LogP contribution < -0.4 is 4.74 Å². The van der Waals surface area contributed by atoms with Crippen molar-refractivity contribution in [2.45, 2.75) is 12.8 Å². The molecule has 0 saturated carbocycles. The number of pyridine rings is 1. The summed E-state index contributed by atoms with van der Waals surface area (Å²) in [6.07, 6.45) is 1.52. The number of aromatic nitrogens is 1. The Balaban J connectivity index is 2.45. The van der Waals surface area contributed by atoms with Gasteiger partial charge in [0.15, 0.2) is 0 Å². The quantitative estimate of drug-likeness (QED) is 0.853. The lowest BCUT2D eigenvalue weighted by Gasteiger charge is -2.08. The number of ether oxygens (including phenoxy) is 1. The molecular formula is C13H15NO2. The first-order valence-electron chi connectivity index (χ1n) is 5.38. The van der Waals surface area contributed by atoms with Gasteiger partial charge in [0.1, 0.15) is 0 Å². The van der Waals surface area contributed by atoms with Gasteiger partial charge in [0.05, 0.1) is 12.6 Å². The average Bonchev–Trinajstić information content (AvgIpc) is 2.35. The number of rotatable bonds is 4. The van der Waals surface area contributed by atoms with Gasteiger partial charge in [-0.05, 0) is 25.0 Å². The third kappa shape index (κ3) is 2.14. The van der Waals surface area contributed by atoms with Crippen LogP contribution >= 0.6 is 0 Å². The molecule has 0 aliphatic rings. The molecule has 1 aromatic heterocycles. The maximum absolute atomic E-state index is 8.84. The monoisotopic (exact) mass is 217 g/mol. The van der Waals surface area contributed by atoms with E-state index >= 15 is 0 Å². The Morgan fingerprint density at radius 2 is 2.12 bits per heavy atom. The summed E-state index contributed by atoms with van der Waals surface area (Å²) in [5.41, 5.74) is 1.99. The van der Waals surface area contributed by atoms with Crippen LogP contribution in [0, 0.1) is 0 Å². The summed E-state index contributed by atoms with van der Waals surface area (Å²) in [6, 6.07) is 10.0. The van der Waals surface area contributed by atoms with Gasteiger partial charge in [-0.1, -0.05) is 18.2 Å². The highest BCUT2D eigenvalue weighted by atomic mass is 16.5. The summed E-state index contributed by atoms with van der Waals surface area (Å²) in [6.45, 7) is 0.190. The molecule has 0 spiro atoms. The third-order valence-corrected chi connectivity index (χ3v) is 2.56. The average molecular weight is 217 g/mol. The number of fused-ring (bicyclic) bond motifs is 1. The predicted octanol–water partition coefficient (Wildman–Crippen LogP) is 2.17. The van der Waals surface area contributed by atoms with Crippen molar-refractivity contribution in [2.24, 2.45) is 0 Å². The normalized spacial score (nSPS) is 10.6. The Kier molecular flexibility index (Phi) is 3.37. The first kappa shape index (κ1) is 10.9. The molecule has 16 heavy (non-hydrogen) atoms. The zero-order chi connectivity index (χ0) is 11.4. The van der Waals surface area contributed by atoms with Gasteiger partial charge in [-0.15, -0.1) is 0 Å². The van der Waals surface area contributed by atoms with Gasteiger partial charge in [0.2, 0.25) is 5.88 Å². The van der Waals surface area contributed by atoms with Crippen molar-refractivity contribution in [3.63, 3.8) is 0 Å². The molecule has 0 aliphatic heterocycles. The molecule has 0 amide bonds. The van der Waals surface area contributed by atoms with Crippen LogP contribution in [0.1, 0.15) is 12.0 Å². The maximum Gasteiger partial charge on any atom is 0.216 e. The van der Waals surface area contributed by atoms with Crippen LogP contribution in [0.15, 0.2) is 30.3 Å². The highest BCUT2D eigenvalue weighted by molar-refractivity contribution is 5.80. The molecular weight excluding hydrogens is 202 g/mol. The minimum Gasteiger partial charge on any atom is -0.481 e. The van der Waals surface area contributed by atoms with Crippen molar-refractivity contribution in [3.8, 4) is 5.88 Å². The molecule has 0 unspecified atom stereocenters. The molecule has 3 heteroatoms. The number of hydrogen-bond donors (Lipinski definition) is 1. The van der Waals surface area contributed by atoms with E-state index in [-0.39, 0.29) is 6.61 Å². The second-order valence-electron chi connectivity index (χ2n) is 3.68. The number of aryl methyl sites for hydroxylation is 1. The second kappa shape index (κ2) is 4.94. The van der Waals surface area contributed by atoms with E-state index < -0.39 is 0 Å². The van der Waals surface area contributed by atoms with Crippen molar-refractivity contribution in [3.05, 3.63) is 35.9 Å². The zero-order valence-corrected chi connectivity index (χ0v) is 9.31. The molecule has 0 aliphatic carbocycles. The van der Waals surface area contributed by atoms with Crippen molar-refractivity contribution in [1.82, 2.24) is 4.98 Å². The lowest BCUT2D eigenvalue weighted by molar-refractivity contribution is 0.287. The fourth-order valence-electron chi connectivity index (χ4n) is 1.77. The van der Waals surface area contributed by atoms with Crippen LogP contribution in [0.3, 0.4) is 0 Å². The lowest BCUT2D eigenvalue weighted by atomic mass is 10.1. The summed E-state index contributed by atoms with van der Waals surface area (Å²) in [4.78, 5) is 4.44. The Morgan fingerprint density at radius 1 is 1.31 bits per heavy atom. The number of methoxy groups -OCH3 is 1. The van der Waals surface area contributed by atoms with Crippen molar-refractivity contribution in [1.29, 1.82) is 0 Å². The fraction of sp³-hybridized carbons (Fsp3) is 0.308. The Hall–Kier alpha value is -1.61. The van der Waals surface area contributed by atoms with Gasteiger partial charge in [0.25, 0.3) is 0 Å². The number of benzene rings is 1. The maximum atomic E-state index is 8.84. The van der Waals surface area contributed by atoms with Crippen molar-refractivity contribution >= 4 is 10.9 Å². The molecule has 84 valence electrons. The van der Waals surface area contributed by atoms with Crippen LogP contribution in [0.4, 0.5) is 0 Å². The zero-order valence-electron chi connectivity index (χ0n) is 9.31. The SMILES string of the molecule is COc1nc2ccccc2cc1CCCO. The van der Waals surface area contributed by atoms with E-state index in [4.69, 9.17) is 9.84 Å². The van der Waals surface area contributed by atoms with Gasteiger partial charge in [-0.2, -0.15) is 0 Å². The van der Waals surface area contributed by atoms with Crippen molar-refractivity contribution in [2.75, 3.05) is 13.7 Å². The number of para-hydroxylation sites is 1. The summed E-state index contributed by atoms with van der Waals surface area (Å²) < 4.78 is 5.26. The van der Waals surface area contributed by atoms with Crippen LogP contribution in [-0.4, -0.2) is 23.8 Å². The molecule has 1 heterocycles. The number of nitrogens with zero attached hydrogens (tertiary/aromatic N) is 1. The summed E-state index contributed by atoms with van der Waals surface area (Å²) in [5.74, 6) is 0.659. The summed E-state index contributed by atoms with van der Waals surface area (Å²) in [7, 11) is 1.62. The first-order chi connectivity index (χ1) is 7.85. The van der Waals surface area contributed by atoms with Crippen molar-refractivity contribution < 1.29 is 9.84 Å². The number of aliphatic hydroxyl groups is 1. The molecule has 0 fully saturated rings. The molecule has 0 saturated heterocycles. The fourth-order valence-corrected chi connectivity index (χ4v) is 1.77. The molecule has 1 N–H and O–H groups in total. The van der Waals surface area contributed by atoms with Gasteiger partial charge in [0, 0.05) is 17.6 Å². The predicted molar refractivity (Wildman–Crippen MR) is 63.7 cm³/mol. The van der Waals surface area contributed by atoms with E-state index in [9.17, 15) is 0 Å². The Bertz CT molecular complexity index is 482. The highest BCUT2D eigenvalue weighted by Gasteiger charge is 2.06. The first-order valence-corrected chi connectivity index (χ1v) is 5.38. The van der Waals surface area contributed by atoms with Crippen LogP contribution in [-0.2, 0) is 6.42 Å². The number of hydrogen-bond acceptors (Lipinski definition) is 3. The lowest BCUT2D eigenvalue weighted by Crippen LogP contribution is -1.97. The van der Waals surface area contributed by atoms with E-state index in [0.29, 0.717) is 5.88 Å². The van der Waals surface area contributed by atoms with Gasteiger partial charge < -0.3 is 9.84 Å². The van der Waals surface area contributed by atoms with E-state index in [0.717, 1.165) is 29.3 Å².